The molecule has 20 aromatic carbocycles. The Morgan fingerprint density at radius 2 is 0.508 bits per heavy atom. The van der Waals surface area contributed by atoms with Crippen molar-refractivity contribution in [3.63, 3.8) is 0 Å². The highest BCUT2D eigenvalue weighted by molar-refractivity contribution is 8.00. The first-order valence-corrected chi connectivity index (χ1v) is 42.9. The molecule has 578 valence electrons. The molecule has 0 aliphatic carbocycles. The van der Waals surface area contributed by atoms with Crippen LogP contribution in [0.15, 0.2) is 489 Å². The highest BCUT2D eigenvalue weighted by atomic mass is 32.2. The fourth-order valence-corrected chi connectivity index (χ4v) is 20.0. The monoisotopic (exact) mass is 1600 g/mol. The number of nitrogens with zero attached hydrogens (tertiary/aromatic N) is 2. The number of aromatic nitrogens is 1. The summed E-state index contributed by atoms with van der Waals surface area (Å²) in [4.78, 5) is 4.26. The van der Waals surface area contributed by atoms with E-state index < -0.39 is 55.1 Å². The van der Waals surface area contributed by atoms with Crippen LogP contribution in [0.3, 0.4) is 0 Å². The topological polar surface area (TPSA) is 8.17 Å². The lowest BCUT2D eigenvalue weighted by Gasteiger charge is -2.42. The Morgan fingerprint density at radius 1 is 0.218 bits per heavy atom. The van der Waals surface area contributed by atoms with E-state index in [1.54, 1.807) is 16.3 Å². The molecule has 21 aromatic rings. The molecule has 0 N–H and O–H groups in total. The smallest absolute Gasteiger partial charge is 0.249 e. The van der Waals surface area contributed by atoms with Gasteiger partial charge in [0.15, 0.2) is 0 Å². The Morgan fingerprint density at radius 3 is 0.903 bits per heavy atom. The molecule has 0 unspecified atom stereocenters. The molecule has 0 atom stereocenters. The lowest BCUT2D eigenvalue weighted by Crippen LogP contribution is -2.60. The number of rotatable bonds is 16. The first kappa shape index (κ1) is 65.3. The first-order chi connectivity index (χ1) is 64.8. The molecule has 0 fully saturated rings. The summed E-state index contributed by atoms with van der Waals surface area (Å²) in [5.41, 5.74) is 34.2. The van der Waals surface area contributed by atoms with Gasteiger partial charge in [-0.05, 0) is 271 Å². The minimum atomic E-state index is -0.626. The van der Waals surface area contributed by atoms with Gasteiger partial charge in [-0.2, -0.15) is 0 Å². The van der Waals surface area contributed by atoms with Gasteiger partial charge < -0.3 is 9.47 Å². The number of anilines is 3. The van der Waals surface area contributed by atoms with Gasteiger partial charge in [-0.25, -0.2) is 0 Å². The number of hydrogen-bond acceptors (Lipinski definition) is 2. The molecule has 0 saturated carbocycles. The second kappa shape index (κ2) is 31.5. The van der Waals surface area contributed by atoms with E-state index in [1.807, 2.05) is 12.1 Å². The number of para-hydroxylation sites is 2. The molecule has 4 heteroatoms. The first-order valence-electron chi connectivity index (χ1n) is 46.1. The zero-order chi connectivity index (χ0) is 88.9. The summed E-state index contributed by atoms with van der Waals surface area (Å²) in [6.45, 7) is -0.626. The third-order valence-corrected chi connectivity index (χ3v) is 25.8. The summed E-state index contributed by atoms with van der Waals surface area (Å²) in [5.74, 6) is 0. The van der Waals surface area contributed by atoms with Gasteiger partial charge in [0, 0.05) is 48.8 Å². The largest absolute Gasteiger partial charge is 0.310 e. The van der Waals surface area contributed by atoms with Crippen LogP contribution in [0.2, 0.25) is 0 Å². The van der Waals surface area contributed by atoms with Crippen molar-refractivity contribution in [2.24, 2.45) is 0 Å². The normalized spacial score (nSPS) is 12.9. The zero-order valence-electron chi connectivity index (χ0n) is 75.4. The molecule has 0 amide bonds. The molecule has 0 bridgehead atoms. The number of benzene rings is 20. The van der Waals surface area contributed by atoms with Gasteiger partial charge in [-0.1, -0.05) is 381 Å². The van der Waals surface area contributed by atoms with E-state index in [9.17, 15) is 11.0 Å². The summed E-state index contributed by atoms with van der Waals surface area (Å²) >= 11 is 1.66. The van der Waals surface area contributed by atoms with Crippen LogP contribution in [-0.2, 0) is 0 Å². The third-order valence-electron chi connectivity index (χ3n) is 24.6. The minimum absolute atomic E-state index is 0.0149. The molecule has 2 aliphatic rings. The van der Waals surface area contributed by atoms with Crippen molar-refractivity contribution >= 4 is 73.7 Å². The molecule has 3 heterocycles. The summed E-state index contributed by atoms with van der Waals surface area (Å²) in [7, 11) is 0. The maximum Gasteiger partial charge on any atom is 0.249 e. The summed E-state index contributed by atoms with van der Waals surface area (Å²) in [5, 5.41) is -0.0306. The van der Waals surface area contributed by atoms with E-state index in [2.05, 4.69) is 423 Å². The van der Waals surface area contributed by atoms with Gasteiger partial charge in [-0.3, -0.25) is 0 Å². The van der Waals surface area contributed by atoms with Crippen LogP contribution in [0.5, 0.6) is 0 Å². The molecular weight excluding hydrogens is 1510 g/mol. The van der Waals surface area contributed by atoms with Gasteiger partial charge in [0.2, 0.25) is 6.71 Å². The number of hydrogen-bond donors (Lipinski definition) is 0. The van der Waals surface area contributed by atoms with Crippen molar-refractivity contribution in [1.82, 2.24) is 4.57 Å². The third kappa shape index (κ3) is 13.6. The van der Waals surface area contributed by atoms with Crippen molar-refractivity contribution in [1.29, 1.82) is 0 Å². The molecule has 2 nitrogen and oxygen atoms in total. The highest BCUT2D eigenvalue weighted by Crippen LogP contribution is 2.55. The Balaban J connectivity index is 0.911. The quantitative estimate of drug-likeness (QED) is 0.0891. The second-order valence-corrected chi connectivity index (χ2v) is 33.1. The molecular formula is C120H79BN2S. The van der Waals surface area contributed by atoms with E-state index in [-0.39, 0.29) is 21.8 Å². The van der Waals surface area contributed by atoms with Crippen molar-refractivity contribution in [3.8, 4) is 161 Å². The molecule has 0 spiro atoms. The Labute approximate surface area is 739 Å². The molecule has 0 radical (unpaired) electrons. The Bertz CT molecular complexity index is 7820. The maximum absolute atomic E-state index is 10.3. The van der Waals surface area contributed by atoms with E-state index in [4.69, 9.17) is 0 Å². The average molecular weight is 1600 g/mol. The highest BCUT2D eigenvalue weighted by Gasteiger charge is 2.44. The molecule has 124 heavy (non-hydrogen) atoms. The van der Waals surface area contributed by atoms with Gasteiger partial charge in [0.1, 0.15) is 0 Å². The van der Waals surface area contributed by atoms with Crippen molar-refractivity contribution in [3.05, 3.63) is 479 Å². The van der Waals surface area contributed by atoms with Crippen LogP contribution in [0.1, 0.15) is 11.0 Å². The van der Waals surface area contributed by atoms with E-state index >= 15 is 0 Å². The number of fused-ring (bicyclic) bond motifs is 7. The van der Waals surface area contributed by atoms with Gasteiger partial charge in [0.25, 0.3) is 0 Å². The Hall–Kier alpha value is -15.6. The molecule has 2 aliphatic heterocycles. The van der Waals surface area contributed by atoms with Gasteiger partial charge in [-0.15, -0.1) is 0 Å². The predicted molar refractivity (Wildman–Crippen MR) is 527 cm³/mol. The van der Waals surface area contributed by atoms with E-state index in [1.165, 1.54) is 0 Å². The van der Waals surface area contributed by atoms with Crippen molar-refractivity contribution in [2.45, 2.75) is 9.79 Å². The van der Waals surface area contributed by atoms with Crippen LogP contribution in [0.4, 0.5) is 17.1 Å². The molecule has 0 saturated heterocycles. The van der Waals surface area contributed by atoms with Crippen LogP contribution in [0, 0.1) is 0 Å². The van der Waals surface area contributed by atoms with Crippen LogP contribution < -0.4 is 21.3 Å². The summed E-state index contributed by atoms with van der Waals surface area (Å²) in [6.07, 6.45) is 0. The summed E-state index contributed by atoms with van der Waals surface area (Å²) < 4.78 is 80.1. The average Bonchev–Trinajstić information content (AvgIpc) is 1.34. The van der Waals surface area contributed by atoms with E-state index in [0.29, 0.717) is 5.69 Å². The SMILES string of the molecule is [2H]c1c([2H])c([2H])c2c(c1[2H])c1c([2H])c([2H])c([2H])c([2H])c1n2-c1cc2c3c(c1)N(c1c(-c4cccc(-c5ccccc5)c4)cc(-c4ccccc4)cc1-c1cccc(-c4ccccc4)c1)c1ccc(-c4cc(-c5ccccc5)cc(-c5ccccc5)c4)cc1B3c1cc(-c3cc(-c4ccccc4)cc(-c4ccccc4)c3)cc(-c3cc(-c4ccccc4)cc(-c4ccccc4)c3)c1S2. The van der Waals surface area contributed by atoms with Crippen LogP contribution in [0.25, 0.3) is 183 Å². The van der Waals surface area contributed by atoms with E-state index in [0.717, 1.165) is 199 Å². The Kier molecular flexibility index (Phi) is 16.6. The van der Waals surface area contributed by atoms with Gasteiger partial charge in [0.05, 0.1) is 27.7 Å². The van der Waals surface area contributed by atoms with Crippen LogP contribution >= 0.6 is 11.8 Å². The van der Waals surface area contributed by atoms with Crippen LogP contribution in [-0.4, -0.2) is 11.3 Å². The lowest BCUT2D eigenvalue weighted by molar-refractivity contribution is 1.15. The maximum atomic E-state index is 10.3. The molecule has 1 aromatic heterocycles. The standard InChI is InChI=1S/C120H79BN2S/c1-10-34-80(35-11-1)89-52-32-54-92(62-89)108-73-102(88-50-26-9-27-51-88)74-109(93-55-33-53-90(63-93)81-36-12-2-13-37-81)119(108)123-115-61-60-91(100-67-94(82-38-14-3-15-39-82)64-95(68-100)83-40-16-4-17-41-83)76-111(115)121-112-77-103(101-69-96(84-42-18-5-19-43-84)65-97(70-101)85-44-20-6-21-45-85)75-110(104-71-98(86-46-22-7-23-47-86)66-99(72-104)87-48-24-8-25-49-87)120(112)124-117-79-105(78-116(123)118(117)121)122-113-58-30-28-56-106(113)107-57-29-31-59-114(107)122/h1-79H/i28D,29D,30D,31D,56D,57D,58D,59D. The predicted octanol–water partition coefficient (Wildman–Crippen LogP) is 30.9. The fourth-order valence-electron chi connectivity index (χ4n) is 18.7. The van der Waals surface area contributed by atoms with Crippen molar-refractivity contribution in [2.75, 3.05) is 4.90 Å². The lowest BCUT2D eigenvalue weighted by atomic mass is 9.34. The molecule has 23 rings (SSSR count). The zero-order valence-corrected chi connectivity index (χ0v) is 68.2. The van der Waals surface area contributed by atoms with Crippen molar-refractivity contribution < 1.29 is 11.0 Å². The minimum Gasteiger partial charge on any atom is -0.310 e. The summed E-state index contributed by atoms with van der Waals surface area (Å²) in [6, 6.07) is 151. The van der Waals surface area contributed by atoms with Gasteiger partial charge >= 0.3 is 0 Å². The fraction of sp³-hybridized carbons (Fsp3) is 0. The second-order valence-electron chi connectivity index (χ2n) is 32.0.